The van der Waals surface area contributed by atoms with Crippen LogP contribution in [0.3, 0.4) is 0 Å². The van der Waals surface area contributed by atoms with Gasteiger partial charge in [0.05, 0.1) is 12.7 Å². The van der Waals surface area contributed by atoms with Crippen LogP contribution >= 0.6 is 0 Å². The molecule has 0 aromatic heterocycles. The topological polar surface area (TPSA) is 61.8 Å². The number of carbonyl (C=O) groups excluding carboxylic acids is 2. The minimum Gasteiger partial charge on any atom is -0.463 e. The summed E-state index contributed by atoms with van der Waals surface area (Å²) >= 11 is 0. The van der Waals surface area contributed by atoms with Crippen molar-refractivity contribution in [2.24, 2.45) is 0 Å². The first kappa shape index (κ1) is 14.7. The molecule has 5 nitrogen and oxygen atoms in total. The highest BCUT2D eigenvalue weighted by Crippen LogP contribution is 2.12. The average molecular weight is 256 g/mol. The number of carbonyl (C=O) groups is 2. The van der Waals surface area contributed by atoms with E-state index in [-0.39, 0.29) is 25.1 Å². The molecule has 0 saturated carbocycles. The Morgan fingerprint density at radius 3 is 2.78 bits per heavy atom. The molecule has 1 unspecified atom stereocenters. The molecule has 0 amide bonds. The van der Waals surface area contributed by atoms with Crippen LogP contribution in [0.2, 0.25) is 0 Å². The van der Waals surface area contributed by atoms with Crippen molar-refractivity contribution in [1.29, 1.82) is 0 Å². The van der Waals surface area contributed by atoms with Gasteiger partial charge in [-0.3, -0.25) is 4.79 Å². The molecule has 1 atom stereocenters. The first-order chi connectivity index (χ1) is 8.59. The van der Waals surface area contributed by atoms with E-state index < -0.39 is 5.97 Å². The maximum absolute atomic E-state index is 11.3. The van der Waals surface area contributed by atoms with Gasteiger partial charge in [-0.05, 0) is 26.2 Å². The lowest BCUT2D eigenvalue weighted by Gasteiger charge is -2.10. The molecule has 1 fully saturated rings. The third kappa shape index (κ3) is 5.82. The molecule has 0 N–H and O–H groups in total. The van der Waals surface area contributed by atoms with E-state index in [1.165, 1.54) is 0 Å². The normalized spacial score (nSPS) is 18.4. The van der Waals surface area contributed by atoms with Gasteiger partial charge < -0.3 is 14.2 Å². The Bertz CT molecular complexity index is 305. The van der Waals surface area contributed by atoms with Crippen LogP contribution in [0.1, 0.15) is 32.6 Å². The van der Waals surface area contributed by atoms with Gasteiger partial charge in [0.25, 0.3) is 0 Å². The fourth-order valence-electron chi connectivity index (χ4n) is 1.54. The Morgan fingerprint density at radius 1 is 1.39 bits per heavy atom. The van der Waals surface area contributed by atoms with E-state index in [2.05, 4.69) is 6.58 Å². The van der Waals surface area contributed by atoms with Crippen molar-refractivity contribution in [3.8, 4) is 0 Å². The van der Waals surface area contributed by atoms with Gasteiger partial charge in [0.15, 0.2) is 0 Å². The van der Waals surface area contributed by atoms with Gasteiger partial charge in [0.1, 0.15) is 6.61 Å². The van der Waals surface area contributed by atoms with Crippen LogP contribution in [0.5, 0.6) is 0 Å². The molecule has 1 aliphatic heterocycles. The zero-order chi connectivity index (χ0) is 13.4. The van der Waals surface area contributed by atoms with E-state index in [1.54, 1.807) is 6.92 Å². The van der Waals surface area contributed by atoms with Crippen LogP contribution in [0.4, 0.5) is 0 Å². The summed E-state index contributed by atoms with van der Waals surface area (Å²) < 4.78 is 15.2. The first-order valence-electron chi connectivity index (χ1n) is 6.19. The second kappa shape index (κ2) is 7.87. The predicted molar refractivity (Wildman–Crippen MR) is 64.9 cm³/mol. The molecule has 0 spiro atoms. The summed E-state index contributed by atoms with van der Waals surface area (Å²) in [5.41, 5.74) is 0.357. The van der Waals surface area contributed by atoms with Crippen molar-refractivity contribution in [2.45, 2.75) is 38.7 Å². The first-order valence-corrected chi connectivity index (χ1v) is 6.19. The van der Waals surface area contributed by atoms with Crippen molar-refractivity contribution < 1.29 is 23.8 Å². The third-order valence-electron chi connectivity index (χ3n) is 2.56. The number of esters is 2. The van der Waals surface area contributed by atoms with Crippen molar-refractivity contribution in [3.63, 3.8) is 0 Å². The molecule has 0 radical (unpaired) electrons. The predicted octanol–water partition coefficient (Wildman–Crippen LogP) is 1.61. The summed E-state index contributed by atoms with van der Waals surface area (Å²) in [6.45, 7) is 6.33. The molecule has 102 valence electrons. The third-order valence-corrected chi connectivity index (χ3v) is 2.56. The van der Waals surface area contributed by atoms with E-state index in [0.29, 0.717) is 18.6 Å². The fraction of sp³-hybridized carbons (Fsp3) is 0.692. The molecule has 0 aromatic rings. The van der Waals surface area contributed by atoms with Crippen molar-refractivity contribution in [1.82, 2.24) is 0 Å². The van der Waals surface area contributed by atoms with E-state index in [0.717, 1.165) is 19.4 Å². The quantitative estimate of drug-likeness (QED) is 0.393. The maximum Gasteiger partial charge on any atom is 0.333 e. The lowest BCUT2D eigenvalue weighted by atomic mass is 10.2. The Morgan fingerprint density at radius 2 is 2.17 bits per heavy atom. The van der Waals surface area contributed by atoms with Gasteiger partial charge in [-0.15, -0.1) is 0 Å². The zero-order valence-corrected chi connectivity index (χ0v) is 10.8. The molecule has 5 heteroatoms. The van der Waals surface area contributed by atoms with Gasteiger partial charge >= 0.3 is 11.9 Å². The molecular weight excluding hydrogens is 236 g/mol. The molecule has 1 saturated heterocycles. The van der Waals surface area contributed by atoms with Gasteiger partial charge in [0.2, 0.25) is 0 Å². The molecule has 1 aliphatic rings. The van der Waals surface area contributed by atoms with Crippen molar-refractivity contribution >= 4 is 11.9 Å². The Kier molecular flexibility index (Phi) is 6.43. The van der Waals surface area contributed by atoms with E-state index in [4.69, 9.17) is 14.2 Å². The minimum atomic E-state index is -0.428. The second-order valence-corrected chi connectivity index (χ2v) is 4.34. The van der Waals surface area contributed by atoms with E-state index in [1.807, 2.05) is 0 Å². The monoisotopic (exact) mass is 256 g/mol. The molecule has 0 aliphatic carbocycles. The van der Waals surface area contributed by atoms with E-state index >= 15 is 0 Å². The molecule has 0 aromatic carbocycles. The average Bonchev–Trinajstić information content (AvgIpc) is 2.84. The summed E-state index contributed by atoms with van der Waals surface area (Å²) in [7, 11) is 0. The van der Waals surface area contributed by atoms with Crippen LogP contribution in [-0.4, -0.2) is 37.9 Å². The van der Waals surface area contributed by atoms with Gasteiger partial charge in [-0.25, -0.2) is 4.79 Å². The smallest absolute Gasteiger partial charge is 0.333 e. The SMILES string of the molecule is C=C(C)C(=O)OCCCC(=O)OCC1CCCO1. The highest BCUT2D eigenvalue weighted by Gasteiger charge is 2.17. The number of hydrogen-bond acceptors (Lipinski definition) is 5. The minimum absolute atomic E-state index is 0.0511. The summed E-state index contributed by atoms with van der Waals surface area (Å²) in [5.74, 6) is -0.709. The van der Waals surface area contributed by atoms with Gasteiger partial charge in [0, 0.05) is 18.6 Å². The largest absolute Gasteiger partial charge is 0.463 e. The standard InChI is InChI=1S/C13H20O5/c1-10(2)13(15)17-8-4-6-12(14)18-9-11-5-3-7-16-11/h11H,1,3-9H2,2H3. The van der Waals surface area contributed by atoms with Crippen molar-refractivity contribution in [3.05, 3.63) is 12.2 Å². The Balaban J connectivity index is 1.99. The van der Waals surface area contributed by atoms with Crippen LogP contribution in [0.15, 0.2) is 12.2 Å². The number of ether oxygens (including phenoxy) is 3. The Labute approximate surface area is 107 Å². The second-order valence-electron chi connectivity index (χ2n) is 4.34. The molecule has 18 heavy (non-hydrogen) atoms. The highest BCUT2D eigenvalue weighted by atomic mass is 16.6. The lowest BCUT2D eigenvalue weighted by molar-refractivity contribution is -0.148. The number of rotatable bonds is 7. The highest BCUT2D eigenvalue weighted by molar-refractivity contribution is 5.86. The summed E-state index contributed by atoms with van der Waals surface area (Å²) in [6, 6.07) is 0. The van der Waals surface area contributed by atoms with Crippen LogP contribution < -0.4 is 0 Å². The van der Waals surface area contributed by atoms with Crippen molar-refractivity contribution in [2.75, 3.05) is 19.8 Å². The molecule has 1 rings (SSSR count). The van der Waals surface area contributed by atoms with Crippen LogP contribution in [-0.2, 0) is 23.8 Å². The van der Waals surface area contributed by atoms with Gasteiger partial charge in [-0.1, -0.05) is 6.58 Å². The summed E-state index contributed by atoms with van der Waals surface area (Å²) in [5, 5.41) is 0. The molecule has 1 heterocycles. The lowest BCUT2D eigenvalue weighted by Crippen LogP contribution is -2.18. The Hall–Kier alpha value is -1.36. The molecular formula is C13H20O5. The van der Waals surface area contributed by atoms with E-state index in [9.17, 15) is 9.59 Å². The zero-order valence-electron chi connectivity index (χ0n) is 10.8. The summed E-state index contributed by atoms with van der Waals surface area (Å²) in [6.07, 6.45) is 2.73. The van der Waals surface area contributed by atoms with Crippen LogP contribution in [0.25, 0.3) is 0 Å². The fourth-order valence-corrected chi connectivity index (χ4v) is 1.54. The van der Waals surface area contributed by atoms with Crippen LogP contribution in [0, 0.1) is 0 Å². The molecule has 0 bridgehead atoms. The number of hydrogen-bond donors (Lipinski definition) is 0. The van der Waals surface area contributed by atoms with Gasteiger partial charge in [-0.2, -0.15) is 0 Å². The maximum atomic E-state index is 11.3. The summed E-state index contributed by atoms with van der Waals surface area (Å²) in [4.78, 5) is 22.4.